The Morgan fingerprint density at radius 2 is 1.91 bits per heavy atom. The molecule has 1 atom stereocenters. The minimum atomic E-state index is -3.37. The Morgan fingerprint density at radius 3 is 2.53 bits per heavy atom. The molecule has 0 aromatic carbocycles. The molecule has 3 aromatic heterocycles. The zero-order valence-electron chi connectivity index (χ0n) is 18.6. The molecule has 0 spiro atoms. The van der Waals surface area contributed by atoms with E-state index in [1.807, 2.05) is 0 Å². The summed E-state index contributed by atoms with van der Waals surface area (Å²) < 4.78 is 33.0. The van der Waals surface area contributed by atoms with Crippen LogP contribution in [0.15, 0.2) is 35.4 Å². The van der Waals surface area contributed by atoms with E-state index < -0.39 is 29.6 Å². The molecule has 1 aliphatic rings. The number of pyridine rings is 3. The smallest absolute Gasteiger partial charge is 0.380 e. The van der Waals surface area contributed by atoms with E-state index >= 15 is 0 Å². The van der Waals surface area contributed by atoms with Gasteiger partial charge in [0.2, 0.25) is 0 Å². The molecule has 1 amide bonds. The number of nitrogens with zero attached hydrogens (tertiary/aromatic N) is 3. The summed E-state index contributed by atoms with van der Waals surface area (Å²) in [5.74, 6) is -4.08. The van der Waals surface area contributed by atoms with Crippen LogP contribution in [0, 0.1) is 12.8 Å². The van der Waals surface area contributed by atoms with Gasteiger partial charge < -0.3 is 14.4 Å². The van der Waals surface area contributed by atoms with Gasteiger partial charge >= 0.3 is 12.1 Å². The van der Waals surface area contributed by atoms with Gasteiger partial charge in [-0.3, -0.25) is 19.9 Å². The first-order valence-electron chi connectivity index (χ1n) is 10.5. The monoisotopic (exact) mass is 472 g/mol. The van der Waals surface area contributed by atoms with Crippen LogP contribution in [0.5, 0.6) is 0 Å². The van der Waals surface area contributed by atoms with Crippen LogP contribution >= 0.6 is 0 Å². The van der Waals surface area contributed by atoms with Crippen molar-refractivity contribution in [2.75, 3.05) is 5.32 Å². The maximum atomic E-state index is 13.5. The van der Waals surface area contributed by atoms with Gasteiger partial charge in [-0.15, -0.1) is 0 Å². The summed E-state index contributed by atoms with van der Waals surface area (Å²) in [6.45, 7) is 2.23. The van der Waals surface area contributed by atoms with Gasteiger partial charge in [-0.2, -0.15) is 0 Å². The second-order valence-electron chi connectivity index (χ2n) is 8.44. The van der Waals surface area contributed by atoms with E-state index in [2.05, 4.69) is 15.3 Å². The number of rotatable bonds is 5. The topological polar surface area (TPSA) is 123 Å². The average molecular weight is 472 g/mol. The van der Waals surface area contributed by atoms with Crippen LogP contribution in [-0.2, 0) is 16.6 Å². The predicted octanol–water partition coefficient (Wildman–Crippen LogP) is 3.48. The third-order valence-corrected chi connectivity index (χ3v) is 5.62. The van der Waals surface area contributed by atoms with E-state index in [4.69, 9.17) is 4.74 Å². The number of hydrogen-bond donors (Lipinski definition) is 2. The van der Waals surface area contributed by atoms with Crippen molar-refractivity contribution in [3.63, 3.8) is 0 Å². The van der Waals surface area contributed by atoms with Gasteiger partial charge in [0.05, 0.1) is 17.1 Å². The number of anilines is 1. The van der Waals surface area contributed by atoms with Crippen LogP contribution in [0.2, 0.25) is 0 Å². The lowest BCUT2D eigenvalue weighted by atomic mass is 10.00. The quantitative estimate of drug-likeness (QED) is 0.430. The van der Waals surface area contributed by atoms with E-state index in [9.17, 15) is 28.3 Å². The highest BCUT2D eigenvalue weighted by molar-refractivity contribution is 5.95. The molecule has 11 heteroatoms. The third-order valence-electron chi connectivity index (χ3n) is 5.62. The second kappa shape index (κ2) is 8.56. The van der Waals surface area contributed by atoms with Gasteiger partial charge in [0.15, 0.2) is 6.10 Å². The van der Waals surface area contributed by atoms with Gasteiger partial charge in [-0.05, 0) is 37.5 Å². The Morgan fingerprint density at radius 1 is 1.21 bits per heavy atom. The summed E-state index contributed by atoms with van der Waals surface area (Å²) in [4.78, 5) is 44.7. The highest BCUT2D eigenvalue weighted by atomic mass is 19.3. The Balaban J connectivity index is 1.65. The third kappa shape index (κ3) is 4.65. The van der Waals surface area contributed by atoms with E-state index in [0.29, 0.717) is 41.8 Å². The maximum Gasteiger partial charge on any atom is 0.420 e. The lowest BCUT2D eigenvalue weighted by Gasteiger charge is -2.18. The van der Waals surface area contributed by atoms with E-state index in [-0.39, 0.29) is 23.0 Å². The van der Waals surface area contributed by atoms with Crippen LogP contribution in [0.3, 0.4) is 0 Å². The number of ether oxygens (including phenoxy) is 1. The van der Waals surface area contributed by atoms with Crippen LogP contribution in [0.25, 0.3) is 22.0 Å². The normalized spacial score (nSPS) is 14.6. The summed E-state index contributed by atoms with van der Waals surface area (Å²) in [6, 6.07) is 4.37. The number of halogens is 2. The fourth-order valence-corrected chi connectivity index (χ4v) is 3.52. The second-order valence-corrected chi connectivity index (χ2v) is 8.44. The molecule has 1 saturated carbocycles. The molecule has 178 valence electrons. The summed E-state index contributed by atoms with van der Waals surface area (Å²) in [5.41, 5.74) is 1.03. The van der Waals surface area contributed by atoms with Crippen molar-refractivity contribution >= 4 is 28.8 Å². The largest absolute Gasteiger partial charge is 0.420 e. The van der Waals surface area contributed by atoms with Crippen molar-refractivity contribution in [3.05, 3.63) is 52.2 Å². The first kappa shape index (κ1) is 23.4. The molecule has 0 bridgehead atoms. The minimum absolute atomic E-state index is 0.0977. The summed E-state index contributed by atoms with van der Waals surface area (Å²) >= 11 is 0. The molecule has 0 aliphatic heterocycles. The number of amides is 1. The Labute approximate surface area is 192 Å². The minimum Gasteiger partial charge on any atom is -0.380 e. The highest BCUT2D eigenvalue weighted by Gasteiger charge is 2.35. The fraction of sp³-hybridized carbons (Fsp3) is 0.348. The summed E-state index contributed by atoms with van der Waals surface area (Å²) in [5, 5.41) is 12.7. The molecule has 1 fully saturated rings. The Hall–Kier alpha value is -3.73. The van der Waals surface area contributed by atoms with Crippen molar-refractivity contribution in [1.82, 2.24) is 14.5 Å². The first-order valence-corrected chi connectivity index (χ1v) is 10.5. The van der Waals surface area contributed by atoms with E-state index in [1.165, 1.54) is 36.1 Å². The van der Waals surface area contributed by atoms with Crippen molar-refractivity contribution in [3.8, 4) is 11.1 Å². The summed E-state index contributed by atoms with van der Waals surface area (Å²) in [7, 11) is 1.53. The SMILES string of the molecule is Cc1cc(C(O)C(C)(F)F)ncc1-c1cc2cnc(NC(=O)OC(=O)C3CC3)cc2n(C)c1=O. The number of aliphatic hydroxyl groups excluding tert-OH is 1. The van der Waals surface area contributed by atoms with Gasteiger partial charge in [-0.25, -0.2) is 18.6 Å². The fourth-order valence-electron chi connectivity index (χ4n) is 3.52. The van der Waals surface area contributed by atoms with Crippen LogP contribution in [0.1, 0.15) is 37.1 Å². The Kier molecular flexibility index (Phi) is 5.90. The van der Waals surface area contributed by atoms with Crippen molar-refractivity contribution in [1.29, 1.82) is 0 Å². The van der Waals surface area contributed by atoms with Crippen LogP contribution in [-0.4, -0.2) is 37.6 Å². The molecule has 0 radical (unpaired) electrons. The maximum absolute atomic E-state index is 13.5. The molecule has 1 unspecified atom stereocenters. The molecular formula is C23H22F2N4O5. The lowest BCUT2D eigenvalue weighted by Crippen LogP contribution is -2.23. The van der Waals surface area contributed by atoms with Gasteiger partial charge in [0.25, 0.3) is 11.5 Å². The van der Waals surface area contributed by atoms with Gasteiger partial charge in [-0.1, -0.05) is 0 Å². The van der Waals surface area contributed by atoms with Crippen molar-refractivity contribution in [2.45, 2.75) is 38.7 Å². The molecule has 1 aliphatic carbocycles. The molecule has 9 nitrogen and oxygen atoms in total. The number of aromatic nitrogens is 3. The van der Waals surface area contributed by atoms with Crippen molar-refractivity contribution in [2.24, 2.45) is 13.0 Å². The zero-order chi connectivity index (χ0) is 24.8. The predicted molar refractivity (Wildman–Crippen MR) is 118 cm³/mol. The van der Waals surface area contributed by atoms with Gasteiger partial charge in [0, 0.05) is 48.9 Å². The number of fused-ring (bicyclic) bond motifs is 1. The Bertz CT molecular complexity index is 1360. The van der Waals surface area contributed by atoms with E-state index in [1.54, 1.807) is 13.0 Å². The van der Waals surface area contributed by atoms with Gasteiger partial charge in [0.1, 0.15) is 5.82 Å². The number of hydrogen-bond acceptors (Lipinski definition) is 7. The highest BCUT2D eigenvalue weighted by Crippen LogP contribution is 2.32. The number of carbonyl (C=O) groups excluding carboxylic acids is 2. The first-order chi connectivity index (χ1) is 16.0. The molecule has 2 N–H and O–H groups in total. The molecule has 3 heterocycles. The molecule has 3 aromatic rings. The molecule has 4 rings (SSSR count). The number of alkyl halides is 2. The summed E-state index contributed by atoms with van der Waals surface area (Å²) in [6.07, 6.45) is 1.10. The average Bonchev–Trinajstić information content (AvgIpc) is 3.61. The molecule has 34 heavy (non-hydrogen) atoms. The number of nitrogens with one attached hydrogen (secondary N) is 1. The molecular weight excluding hydrogens is 450 g/mol. The standard InChI is InChI=1S/C23H22F2N4O5/c1-11-6-16(19(30)23(2,24)25)26-10-15(11)14-7-13-9-27-18(8-17(13)29(3)20(14)31)28-22(33)34-21(32)12-4-5-12/h6-10,12,19,30H,4-5H2,1-3H3,(H,27,28,33). The number of esters is 1. The number of aliphatic hydroxyl groups is 1. The van der Waals surface area contributed by atoms with Crippen LogP contribution in [0.4, 0.5) is 19.4 Å². The van der Waals surface area contributed by atoms with E-state index in [0.717, 1.165) is 0 Å². The zero-order valence-corrected chi connectivity index (χ0v) is 18.6. The molecule has 0 saturated heterocycles. The number of carbonyl (C=O) groups is 2. The van der Waals surface area contributed by atoms with Crippen molar-refractivity contribution < 1.29 is 28.2 Å². The lowest BCUT2D eigenvalue weighted by molar-refractivity contribution is -0.138. The number of aryl methyl sites for hydroxylation is 2. The van der Waals surface area contributed by atoms with Crippen LogP contribution < -0.4 is 10.9 Å².